The lowest BCUT2D eigenvalue weighted by Gasteiger charge is -2.07. The first kappa shape index (κ1) is 21.0. The van der Waals surface area contributed by atoms with Gasteiger partial charge >= 0.3 is 6.61 Å². The summed E-state index contributed by atoms with van der Waals surface area (Å²) in [6, 6.07) is 9.88. The van der Waals surface area contributed by atoms with Gasteiger partial charge in [0.15, 0.2) is 11.0 Å². The standard InChI is InChI=1S/C18H14ClF3N4O2S/c1-26-16(10-2-5-12(6-3-10)28-17(21)22)24-25-18(26)29-9-15(27)23-11-4-7-14(20)13(19)8-11/h2-8,17H,9H2,1H3,(H,23,27). The van der Waals surface area contributed by atoms with Gasteiger partial charge in [0.05, 0.1) is 10.8 Å². The molecular weight excluding hydrogens is 429 g/mol. The molecule has 0 fully saturated rings. The van der Waals surface area contributed by atoms with E-state index in [1.165, 1.54) is 24.3 Å². The number of benzene rings is 2. The fourth-order valence-electron chi connectivity index (χ4n) is 2.38. The largest absolute Gasteiger partial charge is 0.435 e. The van der Waals surface area contributed by atoms with Crippen molar-refractivity contribution < 1.29 is 22.7 Å². The van der Waals surface area contributed by atoms with Crippen molar-refractivity contribution in [3.63, 3.8) is 0 Å². The van der Waals surface area contributed by atoms with E-state index in [2.05, 4.69) is 20.3 Å². The van der Waals surface area contributed by atoms with Crippen LogP contribution in [0.25, 0.3) is 11.4 Å². The minimum Gasteiger partial charge on any atom is -0.435 e. The number of nitrogens with zero attached hydrogens (tertiary/aromatic N) is 3. The number of nitrogens with one attached hydrogen (secondary N) is 1. The van der Waals surface area contributed by atoms with Crippen LogP contribution in [0.5, 0.6) is 5.75 Å². The van der Waals surface area contributed by atoms with E-state index < -0.39 is 12.4 Å². The van der Waals surface area contributed by atoms with Crippen LogP contribution in [0.15, 0.2) is 47.6 Å². The third-order valence-corrected chi connectivity index (χ3v) is 5.02. The molecule has 0 atom stereocenters. The molecule has 0 aliphatic rings. The topological polar surface area (TPSA) is 69.0 Å². The maximum Gasteiger partial charge on any atom is 0.387 e. The van der Waals surface area contributed by atoms with Gasteiger partial charge in [0.25, 0.3) is 0 Å². The summed E-state index contributed by atoms with van der Waals surface area (Å²) in [5, 5.41) is 11.1. The lowest BCUT2D eigenvalue weighted by molar-refractivity contribution is -0.113. The second kappa shape index (κ2) is 9.19. The van der Waals surface area contributed by atoms with E-state index in [-0.39, 0.29) is 22.4 Å². The SMILES string of the molecule is Cn1c(SCC(=O)Nc2ccc(F)c(Cl)c2)nnc1-c1ccc(OC(F)F)cc1. The molecule has 1 aromatic heterocycles. The lowest BCUT2D eigenvalue weighted by atomic mass is 10.2. The Bertz CT molecular complexity index is 1010. The minimum atomic E-state index is -2.89. The number of carbonyl (C=O) groups is 1. The van der Waals surface area contributed by atoms with Gasteiger partial charge in [-0.2, -0.15) is 8.78 Å². The molecule has 0 saturated heterocycles. The van der Waals surface area contributed by atoms with Crippen molar-refractivity contribution in [2.75, 3.05) is 11.1 Å². The molecule has 11 heteroatoms. The second-order valence-electron chi connectivity index (χ2n) is 5.73. The highest BCUT2D eigenvalue weighted by molar-refractivity contribution is 7.99. The van der Waals surface area contributed by atoms with Gasteiger partial charge < -0.3 is 14.6 Å². The van der Waals surface area contributed by atoms with E-state index in [4.69, 9.17) is 11.6 Å². The summed E-state index contributed by atoms with van der Waals surface area (Å²) in [5.41, 5.74) is 1.03. The van der Waals surface area contributed by atoms with Crippen LogP contribution in [0.3, 0.4) is 0 Å². The Hall–Kier alpha value is -2.72. The van der Waals surface area contributed by atoms with E-state index in [0.717, 1.165) is 17.8 Å². The van der Waals surface area contributed by atoms with Crippen molar-refractivity contribution in [1.82, 2.24) is 14.8 Å². The molecule has 0 radical (unpaired) electrons. The highest BCUT2D eigenvalue weighted by Crippen LogP contribution is 2.25. The Morgan fingerprint density at radius 3 is 2.62 bits per heavy atom. The molecule has 152 valence electrons. The van der Waals surface area contributed by atoms with Crippen molar-refractivity contribution >= 4 is 35.0 Å². The number of hydrogen-bond acceptors (Lipinski definition) is 5. The zero-order chi connectivity index (χ0) is 21.0. The first-order chi connectivity index (χ1) is 13.8. The molecule has 2 aromatic carbocycles. The van der Waals surface area contributed by atoms with Crippen LogP contribution >= 0.6 is 23.4 Å². The van der Waals surface area contributed by atoms with Crippen LogP contribution in [0.2, 0.25) is 5.02 Å². The first-order valence-electron chi connectivity index (χ1n) is 8.16. The van der Waals surface area contributed by atoms with E-state index in [9.17, 15) is 18.0 Å². The maximum atomic E-state index is 13.2. The molecule has 1 amide bonds. The highest BCUT2D eigenvalue weighted by Gasteiger charge is 2.14. The Labute approximate surface area is 173 Å². The molecular formula is C18H14ClF3N4O2S. The summed E-state index contributed by atoms with van der Waals surface area (Å²) in [4.78, 5) is 12.1. The summed E-state index contributed by atoms with van der Waals surface area (Å²) in [7, 11) is 1.72. The van der Waals surface area contributed by atoms with Crippen molar-refractivity contribution in [2.24, 2.45) is 7.05 Å². The molecule has 0 aliphatic carbocycles. The fraction of sp³-hybridized carbons (Fsp3) is 0.167. The molecule has 0 bridgehead atoms. The monoisotopic (exact) mass is 442 g/mol. The second-order valence-corrected chi connectivity index (χ2v) is 7.08. The number of aromatic nitrogens is 3. The van der Waals surface area contributed by atoms with Gasteiger partial charge in [-0.05, 0) is 42.5 Å². The Morgan fingerprint density at radius 2 is 1.97 bits per heavy atom. The summed E-state index contributed by atoms with van der Waals surface area (Å²) in [6.45, 7) is -2.89. The maximum absolute atomic E-state index is 13.2. The van der Waals surface area contributed by atoms with Gasteiger partial charge in [-0.25, -0.2) is 4.39 Å². The number of carbonyl (C=O) groups excluding carboxylic acids is 1. The number of ether oxygens (including phenoxy) is 1. The zero-order valence-electron chi connectivity index (χ0n) is 14.9. The number of thioether (sulfide) groups is 1. The van der Waals surface area contributed by atoms with Crippen molar-refractivity contribution in [2.45, 2.75) is 11.8 Å². The van der Waals surface area contributed by atoms with Gasteiger partial charge in [0.1, 0.15) is 11.6 Å². The predicted molar refractivity (Wildman–Crippen MR) is 104 cm³/mol. The van der Waals surface area contributed by atoms with Crippen molar-refractivity contribution in [1.29, 1.82) is 0 Å². The average Bonchev–Trinajstić information content (AvgIpc) is 3.04. The van der Waals surface area contributed by atoms with Crippen molar-refractivity contribution in [3.05, 3.63) is 53.3 Å². The first-order valence-corrected chi connectivity index (χ1v) is 9.52. The quantitative estimate of drug-likeness (QED) is 0.541. The molecule has 3 rings (SSSR count). The zero-order valence-corrected chi connectivity index (χ0v) is 16.5. The van der Waals surface area contributed by atoms with Crippen LogP contribution in [0.1, 0.15) is 0 Å². The van der Waals surface area contributed by atoms with Gasteiger partial charge in [-0.15, -0.1) is 10.2 Å². The Balaban J connectivity index is 1.62. The molecule has 0 unspecified atom stereocenters. The molecule has 0 spiro atoms. The normalized spacial score (nSPS) is 11.0. The molecule has 1 N–H and O–H groups in total. The summed E-state index contributed by atoms with van der Waals surface area (Å²) < 4.78 is 43.6. The molecule has 3 aromatic rings. The molecule has 0 aliphatic heterocycles. The van der Waals surface area contributed by atoms with Gasteiger partial charge in [0.2, 0.25) is 5.91 Å². The van der Waals surface area contributed by atoms with Gasteiger partial charge in [-0.3, -0.25) is 4.79 Å². The Kier molecular flexibility index (Phi) is 6.65. The fourth-order valence-corrected chi connectivity index (χ4v) is 3.27. The molecule has 0 saturated carbocycles. The number of anilines is 1. The third-order valence-electron chi connectivity index (χ3n) is 3.71. The highest BCUT2D eigenvalue weighted by atomic mass is 35.5. The average molecular weight is 443 g/mol. The number of alkyl halides is 2. The summed E-state index contributed by atoms with van der Waals surface area (Å²) >= 11 is 6.84. The third kappa shape index (κ3) is 5.42. The number of hydrogen-bond donors (Lipinski definition) is 1. The van der Waals surface area contributed by atoms with E-state index in [1.807, 2.05) is 0 Å². The molecule has 1 heterocycles. The van der Waals surface area contributed by atoms with Crippen LogP contribution in [-0.2, 0) is 11.8 Å². The number of amides is 1. The van der Waals surface area contributed by atoms with Crippen molar-refractivity contribution in [3.8, 4) is 17.1 Å². The van der Waals surface area contributed by atoms with Crippen LogP contribution in [0.4, 0.5) is 18.9 Å². The predicted octanol–water partition coefficient (Wildman–Crippen LogP) is 4.61. The van der Waals surface area contributed by atoms with Crippen LogP contribution in [-0.4, -0.2) is 33.0 Å². The summed E-state index contributed by atoms with van der Waals surface area (Å²) in [5.74, 6) is -0.308. The van der Waals surface area contributed by atoms with E-state index in [0.29, 0.717) is 22.2 Å². The number of halogens is 4. The lowest BCUT2D eigenvalue weighted by Crippen LogP contribution is -2.14. The Morgan fingerprint density at radius 1 is 1.24 bits per heavy atom. The van der Waals surface area contributed by atoms with Crippen LogP contribution in [0, 0.1) is 5.82 Å². The van der Waals surface area contributed by atoms with Gasteiger partial charge in [-0.1, -0.05) is 23.4 Å². The van der Waals surface area contributed by atoms with E-state index >= 15 is 0 Å². The number of rotatable bonds is 7. The summed E-state index contributed by atoms with van der Waals surface area (Å²) in [6.07, 6.45) is 0. The molecule has 29 heavy (non-hydrogen) atoms. The molecule has 6 nitrogen and oxygen atoms in total. The van der Waals surface area contributed by atoms with Crippen LogP contribution < -0.4 is 10.1 Å². The van der Waals surface area contributed by atoms with Gasteiger partial charge in [0, 0.05) is 18.3 Å². The minimum absolute atomic E-state index is 0.0399. The van der Waals surface area contributed by atoms with E-state index in [1.54, 1.807) is 23.7 Å². The smallest absolute Gasteiger partial charge is 0.387 e.